The third-order valence-electron chi connectivity index (χ3n) is 3.06. The standard InChI is InChI=1S/C16H11ClN2O/c17-15-7-6-12(10-13(15)11-20)16-8-9-18-19(16)14-4-2-1-3-5-14/h1-11H. The van der Waals surface area contributed by atoms with Crippen molar-refractivity contribution in [3.63, 3.8) is 0 Å². The molecule has 1 aromatic heterocycles. The molecule has 0 saturated heterocycles. The fourth-order valence-electron chi connectivity index (χ4n) is 2.09. The van der Waals surface area contributed by atoms with E-state index >= 15 is 0 Å². The number of hydrogen-bond donors (Lipinski definition) is 0. The van der Waals surface area contributed by atoms with Crippen molar-refractivity contribution in [1.29, 1.82) is 0 Å². The topological polar surface area (TPSA) is 34.9 Å². The Labute approximate surface area is 121 Å². The Morgan fingerprint density at radius 2 is 1.85 bits per heavy atom. The minimum Gasteiger partial charge on any atom is -0.298 e. The summed E-state index contributed by atoms with van der Waals surface area (Å²) in [4.78, 5) is 11.0. The van der Waals surface area contributed by atoms with Gasteiger partial charge in [-0.2, -0.15) is 5.10 Å². The van der Waals surface area contributed by atoms with Gasteiger partial charge in [0.2, 0.25) is 0 Å². The Morgan fingerprint density at radius 3 is 2.60 bits per heavy atom. The fraction of sp³-hybridized carbons (Fsp3) is 0. The van der Waals surface area contributed by atoms with Crippen molar-refractivity contribution in [3.8, 4) is 16.9 Å². The van der Waals surface area contributed by atoms with Gasteiger partial charge in [0, 0.05) is 11.1 Å². The Hall–Kier alpha value is -2.39. The van der Waals surface area contributed by atoms with E-state index in [2.05, 4.69) is 5.10 Å². The van der Waals surface area contributed by atoms with Crippen molar-refractivity contribution in [2.24, 2.45) is 0 Å². The number of aromatic nitrogens is 2. The van der Waals surface area contributed by atoms with Crippen molar-refractivity contribution in [2.75, 3.05) is 0 Å². The number of nitrogens with zero attached hydrogens (tertiary/aromatic N) is 2. The van der Waals surface area contributed by atoms with E-state index in [4.69, 9.17) is 11.6 Å². The van der Waals surface area contributed by atoms with E-state index in [0.29, 0.717) is 10.6 Å². The van der Waals surface area contributed by atoms with Gasteiger partial charge in [0.05, 0.1) is 22.6 Å². The molecule has 20 heavy (non-hydrogen) atoms. The van der Waals surface area contributed by atoms with Crippen LogP contribution in [0.1, 0.15) is 10.4 Å². The van der Waals surface area contributed by atoms with Gasteiger partial charge in [0.25, 0.3) is 0 Å². The third kappa shape index (κ3) is 2.24. The lowest BCUT2D eigenvalue weighted by Gasteiger charge is -2.08. The van der Waals surface area contributed by atoms with Crippen molar-refractivity contribution >= 4 is 17.9 Å². The van der Waals surface area contributed by atoms with Gasteiger partial charge < -0.3 is 0 Å². The zero-order valence-corrected chi connectivity index (χ0v) is 11.3. The molecule has 2 aromatic carbocycles. The lowest BCUT2D eigenvalue weighted by atomic mass is 10.1. The van der Waals surface area contributed by atoms with E-state index < -0.39 is 0 Å². The summed E-state index contributed by atoms with van der Waals surface area (Å²) in [6.07, 6.45) is 2.49. The van der Waals surface area contributed by atoms with E-state index in [1.165, 1.54) is 0 Å². The maximum atomic E-state index is 11.0. The molecule has 0 N–H and O–H groups in total. The first-order chi connectivity index (χ1) is 9.79. The van der Waals surface area contributed by atoms with Crippen LogP contribution in [-0.2, 0) is 0 Å². The molecule has 1 heterocycles. The SMILES string of the molecule is O=Cc1cc(-c2ccnn2-c2ccccc2)ccc1Cl. The summed E-state index contributed by atoms with van der Waals surface area (Å²) < 4.78 is 1.83. The van der Waals surface area contributed by atoms with Gasteiger partial charge in [0.15, 0.2) is 6.29 Å². The molecular formula is C16H11ClN2O. The molecule has 0 aliphatic carbocycles. The molecule has 0 unspecified atom stereocenters. The van der Waals surface area contributed by atoms with Gasteiger partial charge in [-0.1, -0.05) is 35.9 Å². The minimum atomic E-state index is 0.453. The smallest absolute Gasteiger partial charge is 0.151 e. The van der Waals surface area contributed by atoms with Crippen LogP contribution in [0.5, 0.6) is 0 Å². The molecule has 0 aliphatic rings. The Morgan fingerprint density at radius 1 is 1.05 bits per heavy atom. The van der Waals surface area contributed by atoms with Crippen LogP contribution in [0.4, 0.5) is 0 Å². The first-order valence-corrected chi connectivity index (χ1v) is 6.52. The Bertz CT molecular complexity index is 750. The number of halogens is 1. The van der Waals surface area contributed by atoms with E-state index in [9.17, 15) is 4.79 Å². The van der Waals surface area contributed by atoms with Crippen LogP contribution in [0.2, 0.25) is 5.02 Å². The summed E-state index contributed by atoms with van der Waals surface area (Å²) in [6, 6.07) is 17.1. The average Bonchev–Trinajstić information content (AvgIpc) is 2.98. The second kappa shape index (κ2) is 5.31. The van der Waals surface area contributed by atoms with Crippen LogP contribution in [0, 0.1) is 0 Å². The van der Waals surface area contributed by atoms with Gasteiger partial charge in [-0.3, -0.25) is 4.79 Å². The average molecular weight is 283 g/mol. The fourth-order valence-corrected chi connectivity index (χ4v) is 2.25. The molecule has 3 rings (SSSR count). The van der Waals surface area contributed by atoms with Gasteiger partial charge in [0.1, 0.15) is 0 Å². The predicted molar refractivity (Wildman–Crippen MR) is 79.4 cm³/mol. The molecule has 3 nitrogen and oxygen atoms in total. The molecule has 0 radical (unpaired) electrons. The van der Waals surface area contributed by atoms with Crippen molar-refractivity contribution in [2.45, 2.75) is 0 Å². The molecular weight excluding hydrogens is 272 g/mol. The number of aldehydes is 1. The van der Waals surface area contributed by atoms with Crippen molar-refractivity contribution < 1.29 is 4.79 Å². The number of carbonyl (C=O) groups excluding carboxylic acids is 1. The largest absolute Gasteiger partial charge is 0.298 e. The van der Waals surface area contributed by atoms with Crippen LogP contribution in [-0.4, -0.2) is 16.1 Å². The molecule has 0 saturated carbocycles. The number of carbonyl (C=O) groups is 1. The summed E-state index contributed by atoms with van der Waals surface area (Å²) >= 11 is 5.96. The van der Waals surface area contributed by atoms with Crippen molar-refractivity contribution in [3.05, 3.63) is 71.4 Å². The van der Waals surface area contributed by atoms with E-state index in [-0.39, 0.29) is 0 Å². The summed E-state index contributed by atoms with van der Waals surface area (Å²) in [7, 11) is 0. The quantitative estimate of drug-likeness (QED) is 0.681. The van der Waals surface area contributed by atoms with Gasteiger partial charge in [-0.05, 0) is 30.3 Å². The molecule has 0 amide bonds. The third-order valence-corrected chi connectivity index (χ3v) is 3.41. The Kier molecular flexibility index (Phi) is 3.35. The molecule has 3 aromatic rings. The highest BCUT2D eigenvalue weighted by Crippen LogP contribution is 2.26. The van der Waals surface area contributed by atoms with Gasteiger partial charge >= 0.3 is 0 Å². The molecule has 0 atom stereocenters. The maximum absolute atomic E-state index is 11.0. The zero-order valence-electron chi connectivity index (χ0n) is 10.5. The maximum Gasteiger partial charge on any atom is 0.151 e. The summed E-state index contributed by atoms with van der Waals surface area (Å²) in [5, 5.41) is 4.79. The van der Waals surface area contributed by atoms with Crippen LogP contribution in [0.15, 0.2) is 60.8 Å². The first-order valence-electron chi connectivity index (χ1n) is 6.14. The monoisotopic (exact) mass is 282 g/mol. The molecule has 0 aliphatic heterocycles. The Balaban J connectivity index is 2.13. The van der Waals surface area contributed by atoms with E-state index in [1.54, 1.807) is 18.3 Å². The molecule has 4 heteroatoms. The minimum absolute atomic E-state index is 0.453. The number of hydrogen-bond acceptors (Lipinski definition) is 2. The molecule has 0 fully saturated rings. The van der Waals surface area contributed by atoms with Crippen LogP contribution in [0.25, 0.3) is 16.9 Å². The highest BCUT2D eigenvalue weighted by atomic mass is 35.5. The summed E-state index contributed by atoms with van der Waals surface area (Å²) in [5.74, 6) is 0. The van der Waals surface area contributed by atoms with Crippen LogP contribution in [0.3, 0.4) is 0 Å². The van der Waals surface area contributed by atoms with E-state index in [0.717, 1.165) is 23.2 Å². The lowest BCUT2D eigenvalue weighted by molar-refractivity contribution is 0.112. The van der Waals surface area contributed by atoms with E-state index in [1.807, 2.05) is 47.1 Å². The number of para-hydroxylation sites is 1. The highest BCUT2D eigenvalue weighted by molar-refractivity contribution is 6.33. The summed E-state index contributed by atoms with van der Waals surface area (Å²) in [5.41, 5.74) is 3.26. The number of rotatable bonds is 3. The summed E-state index contributed by atoms with van der Waals surface area (Å²) in [6.45, 7) is 0. The van der Waals surface area contributed by atoms with Gasteiger partial charge in [-0.15, -0.1) is 0 Å². The highest BCUT2D eigenvalue weighted by Gasteiger charge is 2.09. The normalized spacial score (nSPS) is 10.4. The van der Waals surface area contributed by atoms with Crippen molar-refractivity contribution in [1.82, 2.24) is 9.78 Å². The van der Waals surface area contributed by atoms with Crippen LogP contribution >= 0.6 is 11.6 Å². The second-order valence-electron chi connectivity index (χ2n) is 4.32. The lowest BCUT2D eigenvalue weighted by Crippen LogP contribution is -1.98. The first kappa shape index (κ1) is 12.6. The number of benzene rings is 2. The molecule has 0 spiro atoms. The van der Waals surface area contributed by atoms with Crippen LogP contribution < -0.4 is 0 Å². The zero-order chi connectivity index (χ0) is 13.9. The predicted octanol–water partition coefficient (Wildman–Crippen LogP) is 4.01. The molecule has 0 bridgehead atoms. The second-order valence-corrected chi connectivity index (χ2v) is 4.73. The molecule has 98 valence electrons. The van der Waals surface area contributed by atoms with Gasteiger partial charge in [-0.25, -0.2) is 4.68 Å².